The second-order valence-corrected chi connectivity index (χ2v) is 6.21. The summed E-state index contributed by atoms with van der Waals surface area (Å²) in [7, 11) is 0. The molecule has 0 aromatic heterocycles. The Morgan fingerprint density at radius 3 is 2.38 bits per heavy atom. The Kier molecular flexibility index (Phi) is 2.73. The second-order valence-electron chi connectivity index (χ2n) is 6.21. The largest absolute Gasteiger partial charge is 0.326 e. The lowest BCUT2D eigenvalue weighted by Gasteiger charge is -2.55. The van der Waals surface area contributed by atoms with Crippen LogP contribution in [0.1, 0.15) is 38.5 Å². The average Bonchev–Trinajstić information content (AvgIpc) is 2.34. The summed E-state index contributed by atoms with van der Waals surface area (Å²) < 4.78 is 0. The van der Waals surface area contributed by atoms with Gasteiger partial charge < -0.3 is 16.4 Å². The monoisotopic (exact) mass is 223 g/mol. The van der Waals surface area contributed by atoms with Gasteiger partial charge >= 0.3 is 0 Å². The lowest BCUT2D eigenvalue weighted by atomic mass is 9.62. The molecule has 0 amide bonds. The maximum atomic E-state index is 6.71. The lowest BCUT2D eigenvalue weighted by Crippen LogP contribution is -2.68. The number of hydrogen-bond donors (Lipinski definition) is 2. The Hall–Kier alpha value is -0.120. The molecular formula is C13H25N3. The first-order chi connectivity index (χ1) is 7.70. The Morgan fingerprint density at radius 1 is 1.06 bits per heavy atom. The van der Waals surface area contributed by atoms with Crippen molar-refractivity contribution in [3.05, 3.63) is 0 Å². The molecule has 4 rings (SSSR count). The fourth-order valence-electron chi connectivity index (χ4n) is 4.28. The molecule has 92 valence electrons. The van der Waals surface area contributed by atoms with Crippen LogP contribution in [0.15, 0.2) is 0 Å². The van der Waals surface area contributed by atoms with Gasteiger partial charge in [0, 0.05) is 18.1 Å². The molecule has 0 radical (unpaired) electrons. The zero-order valence-electron chi connectivity index (χ0n) is 10.2. The smallest absolute Gasteiger partial charge is 0.0351 e. The number of rotatable bonds is 1. The Balaban J connectivity index is 1.80. The minimum Gasteiger partial charge on any atom is -0.326 e. The predicted molar refractivity (Wildman–Crippen MR) is 66.0 cm³/mol. The van der Waals surface area contributed by atoms with Gasteiger partial charge in [-0.05, 0) is 50.6 Å². The summed E-state index contributed by atoms with van der Waals surface area (Å²) in [6.45, 7) is 3.81. The highest BCUT2D eigenvalue weighted by Crippen LogP contribution is 2.42. The predicted octanol–water partition coefficient (Wildman–Crippen LogP) is 0.927. The number of nitrogens with zero attached hydrogens (tertiary/aromatic N) is 1. The van der Waals surface area contributed by atoms with Crippen LogP contribution in [0.2, 0.25) is 0 Å². The summed E-state index contributed by atoms with van der Waals surface area (Å²) in [6.07, 6.45) is 7.57. The molecule has 3 nitrogen and oxygen atoms in total. The van der Waals surface area contributed by atoms with Crippen molar-refractivity contribution in [3.63, 3.8) is 0 Å². The maximum absolute atomic E-state index is 6.71. The molecule has 0 spiro atoms. The minimum atomic E-state index is -0.0536. The molecule has 4 aliphatic rings. The van der Waals surface area contributed by atoms with Gasteiger partial charge in [-0.3, -0.25) is 0 Å². The van der Waals surface area contributed by atoms with Crippen LogP contribution in [0, 0.1) is 11.8 Å². The van der Waals surface area contributed by atoms with Gasteiger partial charge in [-0.1, -0.05) is 12.8 Å². The van der Waals surface area contributed by atoms with Gasteiger partial charge in [0.2, 0.25) is 0 Å². The fourth-order valence-corrected chi connectivity index (χ4v) is 4.28. The quantitative estimate of drug-likeness (QED) is 0.695. The van der Waals surface area contributed by atoms with Gasteiger partial charge in [0.15, 0.2) is 0 Å². The van der Waals surface area contributed by atoms with E-state index in [0.717, 1.165) is 18.8 Å². The Bertz CT molecular complexity index is 260. The normalized spacial score (nSPS) is 52.9. The molecule has 4 N–H and O–H groups in total. The van der Waals surface area contributed by atoms with Crippen molar-refractivity contribution in [3.8, 4) is 0 Å². The molecule has 0 aromatic rings. The molecule has 3 saturated heterocycles. The van der Waals surface area contributed by atoms with E-state index in [2.05, 4.69) is 4.90 Å². The summed E-state index contributed by atoms with van der Waals surface area (Å²) in [5.41, 5.74) is 13.0. The molecule has 3 heteroatoms. The van der Waals surface area contributed by atoms with Crippen LogP contribution in [0.3, 0.4) is 0 Å². The minimum absolute atomic E-state index is 0.0536. The molecule has 3 aliphatic heterocycles. The van der Waals surface area contributed by atoms with Crippen LogP contribution in [0.25, 0.3) is 0 Å². The Labute approximate surface area is 98.5 Å². The summed E-state index contributed by atoms with van der Waals surface area (Å²) >= 11 is 0. The molecule has 3 atom stereocenters. The van der Waals surface area contributed by atoms with Gasteiger partial charge in [0.25, 0.3) is 0 Å². The zero-order valence-corrected chi connectivity index (χ0v) is 10.2. The maximum Gasteiger partial charge on any atom is 0.0351 e. The first-order valence-electron chi connectivity index (χ1n) is 6.97. The number of fused-ring (bicyclic) bond motifs is 3. The molecule has 16 heavy (non-hydrogen) atoms. The molecule has 2 bridgehead atoms. The average molecular weight is 223 g/mol. The van der Waals surface area contributed by atoms with E-state index < -0.39 is 0 Å². The molecule has 1 aliphatic carbocycles. The van der Waals surface area contributed by atoms with Crippen LogP contribution >= 0.6 is 0 Å². The first-order valence-corrected chi connectivity index (χ1v) is 6.97. The lowest BCUT2D eigenvalue weighted by molar-refractivity contribution is -0.0109. The van der Waals surface area contributed by atoms with E-state index in [1.165, 1.54) is 45.3 Å². The summed E-state index contributed by atoms with van der Waals surface area (Å²) in [4.78, 5) is 2.60. The van der Waals surface area contributed by atoms with Crippen molar-refractivity contribution in [1.82, 2.24) is 4.90 Å². The van der Waals surface area contributed by atoms with Crippen molar-refractivity contribution in [1.29, 1.82) is 0 Å². The zero-order chi connectivity index (χ0) is 11.2. The van der Waals surface area contributed by atoms with E-state index in [0.29, 0.717) is 5.92 Å². The summed E-state index contributed by atoms with van der Waals surface area (Å²) in [6, 6.07) is 0.242. The van der Waals surface area contributed by atoms with Crippen LogP contribution in [0.5, 0.6) is 0 Å². The van der Waals surface area contributed by atoms with Gasteiger partial charge in [-0.2, -0.15) is 0 Å². The van der Waals surface area contributed by atoms with Crippen LogP contribution in [0.4, 0.5) is 0 Å². The van der Waals surface area contributed by atoms with Crippen molar-refractivity contribution < 1.29 is 0 Å². The third kappa shape index (κ3) is 1.60. The van der Waals surface area contributed by atoms with Crippen LogP contribution in [-0.4, -0.2) is 36.1 Å². The topological polar surface area (TPSA) is 55.3 Å². The second kappa shape index (κ2) is 3.97. The fraction of sp³-hybridized carbons (Fsp3) is 1.00. The van der Waals surface area contributed by atoms with Crippen molar-refractivity contribution >= 4 is 0 Å². The van der Waals surface area contributed by atoms with Gasteiger partial charge in [0.05, 0.1) is 0 Å². The number of nitrogens with two attached hydrogens (primary N) is 2. The van der Waals surface area contributed by atoms with Gasteiger partial charge in [0.1, 0.15) is 0 Å². The SMILES string of the molecule is NC1CCCCC1(N)[C@H]1CN2CCC1CC2. The van der Waals surface area contributed by atoms with Crippen molar-refractivity contribution in [2.75, 3.05) is 19.6 Å². The van der Waals surface area contributed by atoms with E-state index in [-0.39, 0.29) is 11.6 Å². The van der Waals surface area contributed by atoms with Crippen LogP contribution in [-0.2, 0) is 0 Å². The van der Waals surface area contributed by atoms with E-state index in [1.807, 2.05) is 0 Å². The third-order valence-electron chi connectivity index (χ3n) is 5.41. The van der Waals surface area contributed by atoms with E-state index in [9.17, 15) is 0 Å². The molecule has 2 unspecified atom stereocenters. The first kappa shape index (κ1) is 11.0. The highest BCUT2D eigenvalue weighted by atomic mass is 15.2. The van der Waals surface area contributed by atoms with Crippen LogP contribution < -0.4 is 11.5 Å². The highest BCUT2D eigenvalue weighted by molar-refractivity contribution is 5.07. The number of hydrogen-bond acceptors (Lipinski definition) is 3. The van der Waals surface area contributed by atoms with Crippen molar-refractivity contribution in [2.45, 2.75) is 50.1 Å². The highest BCUT2D eigenvalue weighted by Gasteiger charge is 2.48. The van der Waals surface area contributed by atoms with Crippen molar-refractivity contribution in [2.24, 2.45) is 23.3 Å². The number of piperidine rings is 3. The molecule has 1 saturated carbocycles. The van der Waals surface area contributed by atoms with E-state index in [4.69, 9.17) is 11.5 Å². The third-order valence-corrected chi connectivity index (χ3v) is 5.41. The molecule has 0 aromatic carbocycles. The van der Waals surface area contributed by atoms with E-state index in [1.54, 1.807) is 0 Å². The van der Waals surface area contributed by atoms with E-state index >= 15 is 0 Å². The van der Waals surface area contributed by atoms with Gasteiger partial charge in [-0.25, -0.2) is 0 Å². The van der Waals surface area contributed by atoms with Gasteiger partial charge in [-0.15, -0.1) is 0 Å². The molecular weight excluding hydrogens is 198 g/mol. The Morgan fingerprint density at radius 2 is 1.81 bits per heavy atom. The molecule has 4 fully saturated rings. The summed E-state index contributed by atoms with van der Waals surface area (Å²) in [5.74, 6) is 1.53. The summed E-state index contributed by atoms with van der Waals surface area (Å²) in [5, 5.41) is 0. The molecule has 3 heterocycles. The standard InChI is InChI=1S/C13H25N3/c14-12-3-1-2-6-13(12,15)11-9-16-7-4-10(11)5-8-16/h10-12H,1-9,14-15H2/t11-,12?,13?/m0/s1.